The zero-order chi connectivity index (χ0) is 74.0. The van der Waals surface area contributed by atoms with Crippen LogP contribution >= 0.6 is 94.1 Å². The van der Waals surface area contributed by atoms with Crippen molar-refractivity contribution in [3.63, 3.8) is 0 Å². The van der Waals surface area contributed by atoms with Crippen LogP contribution in [-0.2, 0) is 17.1 Å². The summed E-state index contributed by atoms with van der Waals surface area (Å²) < 4.78 is 0. The number of aromatic nitrogens is 8. The predicted molar refractivity (Wildman–Crippen MR) is 461 cm³/mol. The molecule has 0 saturated carbocycles. The Hall–Kier alpha value is -9.98. The summed E-state index contributed by atoms with van der Waals surface area (Å²) >= 11 is 14.3. The van der Waals surface area contributed by atoms with E-state index in [1.807, 2.05) is 0 Å². The van der Waals surface area contributed by atoms with Gasteiger partial charge >= 0.3 is 17.1 Å². The summed E-state index contributed by atoms with van der Waals surface area (Å²) in [5.41, 5.74) is 1.06. The predicted octanol–water partition coefficient (Wildman–Crippen LogP) is 20.8. The molecule has 6 atom stereocenters. The molecule has 0 amide bonds. The van der Waals surface area contributed by atoms with Gasteiger partial charge in [0.05, 0.1) is 23.3 Å². The fourth-order valence-electron chi connectivity index (χ4n) is 15.3. The smallest absolute Gasteiger partial charge is 0.366 e. The van der Waals surface area contributed by atoms with Gasteiger partial charge in [0.15, 0.2) is 0 Å². The Kier molecular flexibility index (Phi) is 20.0. The minimum Gasteiger partial charge on any atom is -0.366 e. The number of hydrogen-bond acceptors (Lipinski definition) is 14. The standard InChI is InChI=1S/C96H62N8S8.Cu/c1-9-25-65(26-10-1)105-81-49-57-41-73-74(42-58(57)50-82(81)106-66-27-11-2-12-28-66)90-97-89(73)101-91-75-43-59-51-83(107-67-29-13-3-14-30-67)84(108-68-31-15-4-16-32-68)52-60(59)44-76(75)93(98-91)103-95-79-47-63-55-87(111-71-37-21-7-22-38-71)88(112-72-39-23-8-24-40-72)56-64(63)48-80(79)96(100-95)104-94-78-46-62-54-86(110-70-35-19-6-20-36-70)85(109-69-33-17-5-18-34-69)53-61(62)45-77(78)92(99-94)102-90;/h1-56,73-78H;/q-2;+2. The fourth-order valence-corrected chi connectivity index (χ4v) is 23.5. The van der Waals surface area contributed by atoms with Crippen molar-refractivity contribution in [3.05, 3.63) is 370 Å². The first-order chi connectivity index (χ1) is 55.3. The Morgan fingerprint density at radius 2 is 0.407 bits per heavy atom. The van der Waals surface area contributed by atoms with Crippen LogP contribution in [0.1, 0.15) is 70.5 Å². The van der Waals surface area contributed by atoms with Gasteiger partial charge in [0.2, 0.25) is 0 Å². The number of benzene rings is 13. The van der Waals surface area contributed by atoms with Crippen LogP contribution < -0.4 is 41.3 Å². The van der Waals surface area contributed by atoms with Crippen LogP contribution in [0.25, 0.3) is 69.3 Å². The normalized spacial score (nSPS) is 17.0. The second kappa shape index (κ2) is 31.4. The molecule has 545 valence electrons. The van der Waals surface area contributed by atoms with Gasteiger partial charge in [0, 0.05) is 125 Å². The molecule has 0 N–H and O–H groups in total. The largest absolute Gasteiger partial charge is 2.00 e. The zero-order valence-corrected chi connectivity index (χ0v) is 67.4. The van der Waals surface area contributed by atoms with Crippen molar-refractivity contribution < 1.29 is 17.1 Å². The van der Waals surface area contributed by atoms with Crippen molar-refractivity contribution in [3.8, 4) is 0 Å². The molecule has 8 nitrogen and oxygen atoms in total. The van der Waals surface area contributed by atoms with Crippen molar-refractivity contribution in [1.29, 1.82) is 0 Å². The van der Waals surface area contributed by atoms with Crippen molar-refractivity contribution in [2.75, 3.05) is 0 Å². The molecular formula is C96H62CuN8S8. The molecule has 8 bridgehead atoms. The maximum atomic E-state index is 5.84. The van der Waals surface area contributed by atoms with Crippen molar-refractivity contribution in [2.24, 2.45) is 0 Å². The molecule has 0 fully saturated rings. The molecule has 13 aromatic carbocycles. The molecule has 2 aromatic heterocycles. The average molecular weight is 1650 g/mol. The van der Waals surface area contributed by atoms with Crippen molar-refractivity contribution in [1.82, 2.24) is 39.9 Å². The molecule has 1 radical (unpaired) electrons. The van der Waals surface area contributed by atoms with Crippen LogP contribution in [0.15, 0.2) is 382 Å². The van der Waals surface area contributed by atoms with E-state index in [0.717, 1.165) is 82.2 Å². The summed E-state index contributed by atoms with van der Waals surface area (Å²) in [6, 6.07) is 109. The van der Waals surface area contributed by atoms with Gasteiger partial charge in [-0.1, -0.05) is 276 Å². The van der Waals surface area contributed by atoms with E-state index >= 15 is 0 Å². The molecular weight excluding hydrogens is 1590 g/mol. The first-order valence-electron chi connectivity index (χ1n) is 37.1. The molecule has 0 spiro atoms. The molecule has 21 rings (SSSR count). The minimum atomic E-state index is -0.324. The minimum absolute atomic E-state index is 0. The van der Waals surface area contributed by atoms with Crippen LogP contribution in [0, 0.1) is 0 Å². The third-order valence-corrected chi connectivity index (χ3v) is 29.7. The van der Waals surface area contributed by atoms with E-state index in [-0.39, 0.29) is 52.6 Å². The van der Waals surface area contributed by atoms with Crippen molar-refractivity contribution >= 4 is 163 Å². The van der Waals surface area contributed by atoms with Gasteiger partial charge < -0.3 is 29.9 Å². The van der Waals surface area contributed by atoms with Crippen LogP contribution in [0.4, 0.5) is 0 Å². The molecule has 17 heteroatoms. The van der Waals surface area contributed by atoms with Gasteiger partial charge in [-0.25, -0.2) is 0 Å². The summed E-state index contributed by atoms with van der Waals surface area (Å²) in [4.78, 5) is 64.6. The summed E-state index contributed by atoms with van der Waals surface area (Å²) in [5, 5.41) is 10.5. The van der Waals surface area contributed by atoms with Gasteiger partial charge in [-0.3, -0.25) is 9.97 Å². The topological polar surface area (TPSA) is 106 Å². The van der Waals surface area contributed by atoms with E-state index in [2.05, 4.69) is 340 Å². The van der Waals surface area contributed by atoms with E-state index in [1.165, 1.54) is 49.0 Å². The van der Waals surface area contributed by atoms with Gasteiger partial charge in [0.25, 0.3) is 0 Å². The Bertz CT molecular complexity index is 6470. The van der Waals surface area contributed by atoms with Crippen LogP contribution in [0.3, 0.4) is 0 Å². The Balaban J connectivity index is 0.00000830. The number of fused-ring (bicyclic) bond motifs is 24. The third kappa shape index (κ3) is 14.9. The third-order valence-electron chi connectivity index (χ3n) is 20.6. The average Bonchev–Trinajstić information content (AvgIpc) is 1.75. The van der Waals surface area contributed by atoms with Gasteiger partial charge in [-0.05, 0) is 222 Å². The molecule has 6 aliphatic rings. The van der Waals surface area contributed by atoms with Gasteiger partial charge in [-0.2, -0.15) is 0 Å². The first-order valence-corrected chi connectivity index (χ1v) is 43.6. The molecule has 0 saturated heterocycles. The number of nitrogens with zero attached hydrogens (tertiary/aromatic N) is 8. The number of hydrogen-bond donors (Lipinski definition) is 0. The van der Waals surface area contributed by atoms with E-state index < -0.39 is 0 Å². The fraction of sp³-hybridized carbons (Fsp3) is 0.0625. The molecule has 3 aliphatic carbocycles. The molecule has 113 heavy (non-hydrogen) atoms. The maximum absolute atomic E-state index is 5.84. The summed E-state index contributed by atoms with van der Waals surface area (Å²) in [6.07, 6.45) is 14.3. The monoisotopic (exact) mass is 1650 g/mol. The summed E-state index contributed by atoms with van der Waals surface area (Å²) in [6.45, 7) is 0. The Morgan fingerprint density at radius 1 is 0.204 bits per heavy atom. The van der Waals surface area contributed by atoms with Gasteiger partial charge in [0.1, 0.15) is 0 Å². The zero-order valence-electron chi connectivity index (χ0n) is 59.9. The van der Waals surface area contributed by atoms with E-state index in [9.17, 15) is 0 Å². The summed E-state index contributed by atoms with van der Waals surface area (Å²) in [5.74, 6) is 1.90. The SMILES string of the molecule is C1=c2cc(Sc3ccccc3)c(Sc3ccccc3)cc2=CC2c3nc(nc4[n-]c(nc5nc(nc6[n-]c(n3)c3cc7cc(Sc8ccccc8)c(Sc8ccccc8)cc7cc63)C3C=c6cc(Sc7ccccc7)c(Sc7ccccc7)cc6=CC53)C3C=c5cc(Sc6ccccc6)c(Sc6ccccc6)cc5=CC43)C12.[Cu+2]. The second-order valence-electron chi connectivity index (χ2n) is 28.0. The Morgan fingerprint density at radius 3 is 0.637 bits per heavy atom. The maximum Gasteiger partial charge on any atom is 2.00 e. The molecule has 6 unspecified atom stereocenters. The quantitative estimate of drug-likeness (QED) is 0.0856. The van der Waals surface area contributed by atoms with Gasteiger partial charge in [-0.15, -0.1) is 0 Å². The molecule has 15 aromatic rings. The first kappa shape index (κ1) is 72.0. The van der Waals surface area contributed by atoms with Crippen molar-refractivity contribution in [2.45, 2.75) is 114 Å². The van der Waals surface area contributed by atoms with Crippen LogP contribution in [0.5, 0.6) is 0 Å². The Labute approximate surface area is 697 Å². The molecule has 3 aliphatic heterocycles. The second-order valence-corrected chi connectivity index (χ2v) is 36.9. The summed E-state index contributed by atoms with van der Waals surface area (Å²) in [7, 11) is 0. The van der Waals surface area contributed by atoms with E-state index in [1.54, 1.807) is 94.1 Å². The number of rotatable bonds is 16. The van der Waals surface area contributed by atoms with Crippen LogP contribution in [0.2, 0.25) is 0 Å². The molecule has 5 heterocycles. The van der Waals surface area contributed by atoms with Crippen LogP contribution in [-0.4, -0.2) is 29.9 Å². The van der Waals surface area contributed by atoms with E-state index in [0.29, 0.717) is 46.2 Å². The van der Waals surface area contributed by atoms with E-state index in [4.69, 9.17) is 39.9 Å².